The molecule has 0 aliphatic rings. The van der Waals surface area contributed by atoms with Crippen molar-refractivity contribution in [3.05, 3.63) is 58.5 Å². The van der Waals surface area contributed by atoms with Crippen LogP contribution in [0.25, 0.3) is 17.1 Å². The van der Waals surface area contributed by atoms with E-state index in [-0.39, 0.29) is 19.3 Å². The standard InChI is InChI=1S/C20H23N3O5/c1-14-5-7-15(8-6-14)23-19(21-22(2)20(23)24)17-10-9-16(27-12-25-3)11-18(17)28-13-26-4/h5-11H,12-13H2,1-4H3. The number of hydrogen-bond donors (Lipinski definition) is 0. The number of aromatic nitrogens is 3. The predicted octanol–water partition coefficient (Wildman–Crippen LogP) is 2.51. The summed E-state index contributed by atoms with van der Waals surface area (Å²) < 4.78 is 24.0. The molecule has 28 heavy (non-hydrogen) atoms. The molecule has 8 heteroatoms. The van der Waals surface area contributed by atoms with Gasteiger partial charge in [-0.05, 0) is 31.2 Å². The van der Waals surface area contributed by atoms with Crippen molar-refractivity contribution in [2.45, 2.75) is 6.92 Å². The Morgan fingerprint density at radius 1 is 0.964 bits per heavy atom. The lowest BCUT2D eigenvalue weighted by atomic mass is 10.1. The highest BCUT2D eigenvalue weighted by Gasteiger charge is 2.19. The molecule has 1 heterocycles. The number of methoxy groups -OCH3 is 2. The van der Waals surface area contributed by atoms with E-state index in [4.69, 9.17) is 18.9 Å². The van der Waals surface area contributed by atoms with Gasteiger partial charge in [0.25, 0.3) is 0 Å². The van der Waals surface area contributed by atoms with Crippen LogP contribution in [0, 0.1) is 6.92 Å². The molecule has 148 valence electrons. The fraction of sp³-hybridized carbons (Fsp3) is 0.300. The first-order chi connectivity index (χ1) is 13.5. The summed E-state index contributed by atoms with van der Waals surface area (Å²) in [5, 5.41) is 4.42. The summed E-state index contributed by atoms with van der Waals surface area (Å²) in [6.07, 6.45) is 0. The third-order valence-electron chi connectivity index (χ3n) is 4.09. The Kier molecular flexibility index (Phi) is 6.13. The van der Waals surface area contributed by atoms with Gasteiger partial charge in [0, 0.05) is 27.3 Å². The second-order valence-corrected chi connectivity index (χ2v) is 6.16. The van der Waals surface area contributed by atoms with Crippen molar-refractivity contribution < 1.29 is 18.9 Å². The fourth-order valence-corrected chi connectivity index (χ4v) is 2.71. The molecule has 0 aliphatic carbocycles. The molecule has 8 nitrogen and oxygen atoms in total. The Hall–Kier alpha value is -3.10. The van der Waals surface area contributed by atoms with Crippen molar-refractivity contribution in [2.75, 3.05) is 27.8 Å². The highest BCUT2D eigenvalue weighted by atomic mass is 16.7. The number of nitrogens with zero attached hydrogens (tertiary/aromatic N) is 3. The maximum absolute atomic E-state index is 12.7. The molecule has 0 radical (unpaired) electrons. The van der Waals surface area contributed by atoms with Gasteiger partial charge in [-0.3, -0.25) is 0 Å². The summed E-state index contributed by atoms with van der Waals surface area (Å²) in [4.78, 5) is 12.7. The van der Waals surface area contributed by atoms with E-state index in [2.05, 4.69) is 5.10 Å². The topological polar surface area (TPSA) is 76.7 Å². The lowest BCUT2D eigenvalue weighted by Crippen LogP contribution is -2.21. The van der Waals surface area contributed by atoms with Crippen molar-refractivity contribution >= 4 is 0 Å². The molecular weight excluding hydrogens is 362 g/mol. The predicted molar refractivity (Wildman–Crippen MR) is 104 cm³/mol. The number of rotatable bonds is 8. The van der Waals surface area contributed by atoms with Gasteiger partial charge >= 0.3 is 5.69 Å². The highest BCUT2D eigenvalue weighted by Crippen LogP contribution is 2.33. The maximum Gasteiger partial charge on any atom is 0.350 e. The molecule has 0 fully saturated rings. The largest absolute Gasteiger partial charge is 0.467 e. The van der Waals surface area contributed by atoms with Crippen LogP contribution in [0.4, 0.5) is 0 Å². The smallest absolute Gasteiger partial charge is 0.350 e. The zero-order chi connectivity index (χ0) is 20.1. The van der Waals surface area contributed by atoms with Crippen molar-refractivity contribution in [3.8, 4) is 28.6 Å². The van der Waals surface area contributed by atoms with Gasteiger partial charge in [-0.25, -0.2) is 14.0 Å². The average Bonchev–Trinajstić information content (AvgIpc) is 3.00. The van der Waals surface area contributed by atoms with E-state index in [0.717, 1.165) is 11.3 Å². The number of ether oxygens (including phenoxy) is 4. The van der Waals surface area contributed by atoms with Crippen molar-refractivity contribution in [2.24, 2.45) is 7.05 Å². The van der Waals surface area contributed by atoms with Crippen molar-refractivity contribution in [1.82, 2.24) is 14.3 Å². The van der Waals surface area contributed by atoms with Crippen LogP contribution in [0.3, 0.4) is 0 Å². The van der Waals surface area contributed by atoms with Crippen LogP contribution in [-0.2, 0) is 16.5 Å². The molecule has 0 amide bonds. The van der Waals surface area contributed by atoms with Gasteiger partial charge in [0.2, 0.25) is 0 Å². The number of hydrogen-bond acceptors (Lipinski definition) is 6. The summed E-state index contributed by atoms with van der Waals surface area (Å²) in [6.45, 7) is 2.15. The van der Waals surface area contributed by atoms with Crippen LogP contribution in [0.1, 0.15) is 5.56 Å². The van der Waals surface area contributed by atoms with E-state index < -0.39 is 0 Å². The minimum absolute atomic E-state index is 0.0440. The lowest BCUT2D eigenvalue weighted by molar-refractivity contribution is 0.0463. The first kappa shape index (κ1) is 19.7. The van der Waals surface area contributed by atoms with E-state index in [1.807, 2.05) is 31.2 Å². The molecule has 0 N–H and O–H groups in total. The highest BCUT2D eigenvalue weighted by molar-refractivity contribution is 5.67. The second-order valence-electron chi connectivity index (χ2n) is 6.16. The Bertz CT molecular complexity index is 992. The number of benzene rings is 2. The Morgan fingerprint density at radius 3 is 2.32 bits per heavy atom. The van der Waals surface area contributed by atoms with E-state index in [0.29, 0.717) is 22.9 Å². The summed E-state index contributed by atoms with van der Waals surface area (Å²) in [7, 11) is 4.70. The van der Waals surface area contributed by atoms with Crippen molar-refractivity contribution in [1.29, 1.82) is 0 Å². The van der Waals surface area contributed by atoms with Crippen molar-refractivity contribution in [3.63, 3.8) is 0 Å². The molecule has 0 atom stereocenters. The zero-order valence-electron chi connectivity index (χ0n) is 16.3. The molecular formula is C20H23N3O5. The first-order valence-electron chi connectivity index (χ1n) is 8.66. The van der Waals surface area contributed by atoms with Crippen LogP contribution < -0.4 is 15.2 Å². The van der Waals surface area contributed by atoms with Gasteiger partial charge in [-0.15, -0.1) is 5.10 Å². The summed E-state index contributed by atoms with van der Waals surface area (Å²) in [5.74, 6) is 1.51. The number of aryl methyl sites for hydroxylation is 2. The van der Waals surface area contributed by atoms with E-state index in [1.165, 1.54) is 11.8 Å². The van der Waals surface area contributed by atoms with Crippen LogP contribution >= 0.6 is 0 Å². The second kappa shape index (κ2) is 8.73. The Labute approximate surface area is 162 Å². The average molecular weight is 385 g/mol. The normalized spacial score (nSPS) is 10.9. The maximum atomic E-state index is 12.7. The molecule has 1 aromatic heterocycles. The molecule has 0 aliphatic heterocycles. The summed E-state index contributed by atoms with van der Waals surface area (Å²) >= 11 is 0. The molecule has 0 saturated carbocycles. The molecule has 2 aromatic carbocycles. The molecule has 3 rings (SSSR count). The third kappa shape index (κ3) is 4.08. The van der Waals surface area contributed by atoms with Gasteiger partial charge < -0.3 is 18.9 Å². The lowest BCUT2D eigenvalue weighted by Gasteiger charge is -2.13. The third-order valence-corrected chi connectivity index (χ3v) is 4.09. The van der Waals surface area contributed by atoms with E-state index >= 15 is 0 Å². The van der Waals surface area contributed by atoms with Crippen LogP contribution in [-0.4, -0.2) is 42.2 Å². The summed E-state index contributed by atoms with van der Waals surface area (Å²) in [6, 6.07) is 12.9. The van der Waals surface area contributed by atoms with Gasteiger partial charge in [0.05, 0.1) is 11.3 Å². The van der Waals surface area contributed by atoms with E-state index in [9.17, 15) is 4.79 Å². The Morgan fingerprint density at radius 2 is 1.64 bits per heavy atom. The monoisotopic (exact) mass is 385 g/mol. The van der Waals surface area contributed by atoms with Gasteiger partial charge in [0.1, 0.15) is 11.5 Å². The minimum Gasteiger partial charge on any atom is -0.467 e. The molecule has 0 spiro atoms. The first-order valence-corrected chi connectivity index (χ1v) is 8.66. The minimum atomic E-state index is -0.253. The van der Waals surface area contributed by atoms with Crippen LogP contribution in [0.15, 0.2) is 47.3 Å². The van der Waals surface area contributed by atoms with Crippen LogP contribution in [0.5, 0.6) is 11.5 Å². The molecule has 3 aromatic rings. The quantitative estimate of drug-likeness (QED) is 0.555. The van der Waals surface area contributed by atoms with Gasteiger partial charge in [-0.2, -0.15) is 0 Å². The van der Waals surface area contributed by atoms with Crippen LogP contribution in [0.2, 0.25) is 0 Å². The van der Waals surface area contributed by atoms with Gasteiger partial charge in [0.15, 0.2) is 19.4 Å². The Balaban J connectivity index is 2.13. The van der Waals surface area contributed by atoms with E-state index in [1.54, 1.807) is 36.9 Å². The fourth-order valence-electron chi connectivity index (χ4n) is 2.71. The zero-order valence-corrected chi connectivity index (χ0v) is 16.3. The molecule has 0 unspecified atom stereocenters. The molecule has 0 bridgehead atoms. The SMILES string of the molecule is COCOc1ccc(-c2nn(C)c(=O)n2-c2ccc(C)cc2)c(OCOC)c1. The van der Waals surface area contributed by atoms with Gasteiger partial charge in [-0.1, -0.05) is 17.7 Å². The molecule has 0 saturated heterocycles. The summed E-state index contributed by atoms with van der Waals surface area (Å²) in [5.41, 5.74) is 2.21.